The predicted octanol–water partition coefficient (Wildman–Crippen LogP) is 2.07. The topological polar surface area (TPSA) is 71.3 Å². The first-order chi connectivity index (χ1) is 12.9. The zero-order valence-electron chi connectivity index (χ0n) is 15.6. The minimum absolute atomic E-state index is 0.0616. The molecule has 0 radical (unpaired) electrons. The van der Waals surface area contributed by atoms with E-state index in [2.05, 4.69) is 16.0 Å². The van der Waals surface area contributed by atoms with Gasteiger partial charge in [0, 0.05) is 32.0 Å². The first-order valence-electron chi connectivity index (χ1n) is 8.87. The number of aryl methyl sites for hydroxylation is 3. The molecular formula is C20H21N5O2. The monoisotopic (exact) mass is 363 g/mol. The molecule has 1 aliphatic rings. The number of aromatic nitrogens is 3. The lowest BCUT2D eigenvalue weighted by molar-refractivity contribution is -0.120. The number of benzene rings is 1. The fourth-order valence-electron chi connectivity index (χ4n) is 3.54. The average molecular weight is 363 g/mol. The van der Waals surface area contributed by atoms with Crippen LogP contribution in [0, 0.1) is 13.8 Å². The highest BCUT2D eigenvalue weighted by Crippen LogP contribution is 2.22. The molecule has 0 saturated carbocycles. The lowest BCUT2D eigenvalue weighted by Crippen LogP contribution is -2.52. The van der Waals surface area contributed by atoms with Crippen LogP contribution in [0.5, 0.6) is 0 Å². The van der Waals surface area contributed by atoms with E-state index >= 15 is 0 Å². The summed E-state index contributed by atoms with van der Waals surface area (Å²) >= 11 is 0. The van der Waals surface area contributed by atoms with Crippen molar-refractivity contribution < 1.29 is 9.59 Å². The van der Waals surface area contributed by atoms with Gasteiger partial charge in [-0.15, -0.1) is 0 Å². The van der Waals surface area contributed by atoms with Crippen molar-refractivity contribution in [3.05, 3.63) is 53.5 Å². The molecule has 2 amide bonds. The number of hydrogen-bond acceptors (Lipinski definition) is 4. The summed E-state index contributed by atoms with van der Waals surface area (Å²) < 4.78 is 1.80. The molecule has 3 aromatic rings. The van der Waals surface area contributed by atoms with Gasteiger partial charge in [-0.3, -0.25) is 9.59 Å². The summed E-state index contributed by atoms with van der Waals surface area (Å²) in [4.78, 5) is 37.4. The minimum atomic E-state index is -0.191. The van der Waals surface area contributed by atoms with Gasteiger partial charge in [-0.1, -0.05) is 6.07 Å². The van der Waals surface area contributed by atoms with Crippen LogP contribution >= 0.6 is 0 Å². The number of imidazole rings is 1. The molecule has 2 aromatic heterocycles. The maximum absolute atomic E-state index is 12.8. The smallest absolute Gasteiger partial charge is 0.256 e. The molecule has 0 atom stereocenters. The summed E-state index contributed by atoms with van der Waals surface area (Å²) in [6, 6.07) is 7.81. The third-order valence-electron chi connectivity index (χ3n) is 4.82. The second-order valence-corrected chi connectivity index (χ2v) is 7.04. The third kappa shape index (κ3) is 3.16. The number of nitrogens with zero attached hydrogens (tertiary/aromatic N) is 5. The highest BCUT2D eigenvalue weighted by molar-refractivity contribution is 6.02. The summed E-state index contributed by atoms with van der Waals surface area (Å²) in [5, 5.41) is 0. The van der Waals surface area contributed by atoms with Gasteiger partial charge in [0.15, 0.2) is 5.65 Å². The molecule has 0 unspecified atom stereocenters. The van der Waals surface area contributed by atoms with Crippen molar-refractivity contribution in [2.24, 2.45) is 7.05 Å². The molecule has 4 rings (SSSR count). The molecule has 1 fully saturated rings. The van der Waals surface area contributed by atoms with E-state index in [0.29, 0.717) is 24.2 Å². The van der Waals surface area contributed by atoms with Crippen molar-refractivity contribution in [1.82, 2.24) is 19.4 Å². The van der Waals surface area contributed by atoms with E-state index in [0.717, 1.165) is 22.5 Å². The van der Waals surface area contributed by atoms with E-state index in [1.54, 1.807) is 33.0 Å². The van der Waals surface area contributed by atoms with Crippen LogP contribution in [-0.2, 0) is 11.8 Å². The summed E-state index contributed by atoms with van der Waals surface area (Å²) in [5.41, 5.74) is 4.97. The van der Waals surface area contributed by atoms with E-state index in [1.807, 2.05) is 33.0 Å². The van der Waals surface area contributed by atoms with Crippen molar-refractivity contribution in [2.75, 3.05) is 24.5 Å². The molecule has 7 heteroatoms. The van der Waals surface area contributed by atoms with Crippen LogP contribution in [0.1, 0.15) is 21.5 Å². The van der Waals surface area contributed by atoms with Crippen molar-refractivity contribution in [2.45, 2.75) is 13.8 Å². The summed E-state index contributed by atoms with van der Waals surface area (Å²) in [6.07, 6.45) is 3.21. The Morgan fingerprint density at radius 3 is 2.48 bits per heavy atom. The van der Waals surface area contributed by atoms with E-state index in [1.165, 1.54) is 0 Å². The number of rotatable bonds is 2. The Morgan fingerprint density at radius 1 is 1.04 bits per heavy atom. The fourth-order valence-corrected chi connectivity index (χ4v) is 3.54. The Kier molecular flexibility index (Phi) is 4.14. The Bertz CT molecular complexity index is 1040. The van der Waals surface area contributed by atoms with E-state index in [4.69, 9.17) is 0 Å². The molecule has 0 spiro atoms. The molecule has 0 N–H and O–H groups in total. The van der Waals surface area contributed by atoms with Crippen molar-refractivity contribution in [3.63, 3.8) is 0 Å². The van der Waals surface area contributed by atoms with Crippen molar-refractivity contribution in [3.8, 4) is 0 Å². The Hall–Kier alpha value is -3.22. The Morgan fingerprint density at radius 2 is 1.78 bits per heavy atom. The molecule has 7 nitrogen and oxygen atoms in total. The van der Waals surface area contributed by atoms with Crippen molar-refractivity contribution in [1.29, 1.82) is 0 Å². The van der Waals surface area contributed by atoms with Gasteiger partial charge >= 0.3 is 0 Å². The minimum Gasteiger partial charge on any atom is -0.327 e. The molecule has 27 heavy (non-hydrogen) atoms. The number of anilines is 1. The fraction of sp³-hybridized carbons (Fsp3) is 0.300. The molecule has 1 aromatic carbocycles. The summed E-state index contributed by atoms with van der Waals surface area (Å²) in [5.74, 6) is -0.269. The van der Waals surface area contributed by atoms with Crippen molar-refractivity contribution >= 4 is 28.7 Å². The number of pyridine rings is 1. The summed E-state index contributed by atoms with van der Waals surface area (Å²) in [6.45, 7) is 5.06. The largest absolute Gasteiger partial charge is 0.327 e. The number of carbonyl (C=O) groups is 2. The van der Waals surface area contributed by atoms with Crippen LogP contribution < -0.4 is 4.90 Å². The normalized spacial score (nSPS) is 14.9. The SMILES string of the molecule is Cc1cc(C)cc(N2CCN(C(=O)c3cnc4c(c3)ncn4C)CC2=O)c1. The lowest BCUT2D eigenvalue weighted by Gasteiger charge is -2.34. The number of carbonyl (C=O) groups excluding carboxylic acids is 2. The first kappa shape index (κ1) is 17.2. The van der Waals surface area contributed by atoms with Gasteiger partial charge < -0.3 is 14.4 Å². The molecule has 0 bridgehead atoms. The highest BCUT2D eigenvalue weighted by atomic mass is 16.2. The maximum atomic E-state index is 12.8. The third-order valence-corrected chi connectivity index (χ3v) is 4.82. The Labute approximate surface area is 157 Å². The first-order valence-corrected chi connectivity index (χ1v) is 8.87. The zero-order chi connectivity index (χ0) is 19.1. The van der Waals surface area contributed by atoms with E-state index in [9.17, 15) is 9.59 Å². The second-order valence-electron chi connectivity index (χ2n) is 7.04. The van der Waals surface area contributed by atoms with Gasteiger partial charge in [0.2, 0.25) is 5.91 Å². The standard InChI is InChI=1S/C20H21N5O2/c1-13-6-14(2)8-16(7-13)25-5-4-24(11-18(25)26)20(27)15-9-17-19(21-10-15)23(3)12-22-17/h6-10,12H,4-5,11H2,1-3H3. The number of hydrogen-bond donors (Lipinski definition) is 0. The molecule has 138 valence electrons. The lowest BCUT2D eigenvalue weighted by atomic mass is 10.1. The quantitative estimate of drug-likeness (QED) is 0.699. The van der Waals surface area contributed by atoms with Gasteiger partial charge in [-0.25, -0.2) is 9.97 Å². The number of piperazine rings is 1. The molecule has 1 saturated heterocycles. The number of amides is 2. The zero-order valence-corrected chi connectivity index (χ0v) is 15.6. The van der Waals surface area contributed by atoms with Gasteiger partial charge in [0.1, 0.15) is 12.1 Å². The van der Waals surface area contributed by atoms with E-state index < -0.39 is 0 Å². The van der Waals surface area contributed by atoms with Crippen LogP contribution in [0.4, 0.5) is 5.69 Å². The van der Waals surface area contributed by atoms with Crippen LogP contribution in [0.25, 0.3) is 11.2 Å². The highest BCUT2D eigenvalue weighted by Gasteiger charge is 2.29. The van der Waals surface area contributed by atoms with Crippen LogP contribution in [-0.4, -0.2) is 50.9 Å². The van der Waals surface area contributed by atoms with Gasteiger partial charge in [0.05, 0.1) is 11.9 Å². The predicted molar refractivity (Wildman–Crippen MR) is 103 cm³/mol. The van der Waals surface area contributed by atoms with Crippen LogP contribution in [0.15, 0.2) is 36.8 Å². The van der Waals surface area contributed by atoms with Crippen LogP contribution in [0.2, 0.25) is 0 Å². The average Bonchev–Trinajstić information content (AvgIpc) is 3.00. The van der Waals surface area contributed by atoms with Gasteiger partial charge in [0.25, 0.3) is 5.91 Å². The van der Waals surface area contributed by atoms with Gasteiger partial charge in [-0.2, -0.15) is 0 Å². The van der Waals surface area contributed by atoms with Crippen LogP contribution in [0.3, 0.4) is 0 Å². The van der Waals surface area contributed by atoms with Gasteiger partial charge in [-0.05, 0) is 43.2 Å². The second kappa shape index (κ2) is 6.50. The number of fused-ring (bicyclic) bond motifs is 1. The molecule has 3 heterocycles. The molecule has 1 aliphatic heterocycles. The molecular weight excluding hydrogens is 342 g/mol. The maximum Gasteiger partial charge on any atom is 0.256 e. The Balaban J connectivity index is 1.53. The molecule has 0 aliphatic carbocycles. The van der Waals surface area contributed by atoms with E-state index in [-0.39, 0.29) is 18.4 Å². The summed E-state index contributed by atoms with van der Waals surface area (Å²) in [7, 11) is 1.86.